The maximum Gasteiger partial charge on any atom is 0.258 e. The van der Waals surface area contributed by atoms with Crippen molar-refractivity contribution in [3.8, 4) is 22.9 Å². The fourth-order valence-corrected chi connectivity index (χ4v) is 3.26. The molecule has 0 unspecified atom stereocenters. The molecule has 0 aliphatic heterocycles. The molecule has 0 bridgehead atoms. The summed E-state index contributed by atoms with van der Waals surface area (Å²) in [4.78, 5) is 9.13. The Morgan fingerprint density at radius 2 is 1.50 bits per heavy atom. The van der Waals surface area contributed by atoms with Crippen molar-refractivity contribution in [3.05, 3.63) is 35.9 Å². The number of benzene rings is 1. The molecular formula is C19H23N5O2. The molecule has 4 rings (SSSR count). The summed E-state index contributed by atoms with van der Waals surface area (Å²) in [5, 5.41) is 8.25. The van der Waals surface area contributed by atoms with Gasteiger partial charge >= 0.3 is 0 Å². The first-order valence-electron chi connectivity index (χ1n) is 8.94. The van der Waals surface area contributed by atoms with Crippen LogP contribution >= 0.6 is 0 Å². The van der Waals surface area contributed by atoms with Crippen molar-refractivity contribution in [1.82, 2.24) is 20.3 Å². The van der Waals surface area contributed by atoms with Gasteiger partial charge in [0, 0.05) is 5.41 Å². The van der Waals surface area contributed by atoms with E-state index in [1.807, 2.05) is 45.0 Å². The molecule has 2 N–H and O–H groups in total. The van der Waals surface area contributed by atoms with Crippen LogP contribution < -0.4 is 5.73 Å². The second-order valence-electron chi connectivity index (χ2n) is 8.01. The highest BCUT2D eigenvalue weighted by molar-refractivity contribution is 5.75. The van der Waals surface area contributed by atoms with Gasteiger partial charge in [0.15, 0.2) is 11.6 Å². The lowest BCUT2D eigenvalue weighted by molar-refractivity contribution is 0.372. The van der Waals surface area contributed by atoms with E-state index in [9.17, 15) is 0 Å². The minimum atomic E-state index is -0.486. The first-order chi connectivity index (χ1) is 12.4. The smallest absolute Gasteiger partial charge is 0.258 e. The van der Waals surface area contributed by atoms with Crippen LogP contribution in [0, 0.1) is 0 Å². The second kappa shape index (κ2) is 6.02. The van der Waals surface area contributed by atoms with E-state index in [0.29, 0.717) is 23.4 Å². The molecule has 0 atom stereocenters. The molecular weight excluding hydrogens is 330 g/mol. The van der Waals surface area contributed by atoms with Crippen LogP contribution in [-0.4, -0.2) is 20.3 Å². The van der Waals surface area contributed by atoms with E-state index in [1.165, 1.54) is 0 Å². The number of rotatable bonds is 3. The number of hydrogen-bond donors (Lipinski definition) is 1. The van der Waals surface area contributed by atoms with Crippen molar-refractivity contribution in [2.24, 2.45) is 5.73 Å². The van der Waals surface area contributed by atoms with Crippen LogP contribution in [0.25, 0.3) is 22.9 Å². The molecule has 1 fully saturated rings. The molecule has 2 heterocycles. The highest BCUT2D eigenvalue weighted by atomic mass is 16.5. The number of nitrogens with zero attached hydrogens (tertiary/aromatic N) is 4. The summed E-state index contributed by atoms with van der Waals surface area (Å²) in [6.45, 7) is 6.13. The van der Waals surface area contributed by atoms with E-state index in [-0.39, 0.29) is 5.41 Å². The third-order valence-electron chi connectivity index (χ3n) is 4.85. The molecule has 7 heteroatoms. The van der Waals surface area contributed by atoms with Crippen LogP contribution in [0.15, 0.2) is 33.3 Å². The molecule has 0 radical (unpaired) electrons. The third kappa shape index (κ3) is 2.92. The minimum absolute atomic E-state index is 0.192. The van der Waals surface area contributed by atoms with Gasteiger partial charge in [-0.05, 0) is 25.0 Å². The summed E-state index contributed by atoms with van der Waals surface area (Å²) in [6.07, 6.45) is 3.95. The van der Waals surface area contributed by atoms with Crippen molar-refractivity contribution < 1.29 is 9.05 Å². The Balaban J connectivity index is 1.73. The molecule has 0 amide bonds. The summed E-state index contributed by atoms with van der Waals surface area (Å²) < 4.78 is 11.0. The number of aromatic nitrogens is 4. The lowest BCUT2D eigenvalue weighted by Gasteiger charge is -2.17. The summed E-state index contributed by atoms with van der Waals surface area (Å²) >= 11 is 0. The third-order valence-corrected chi connectivity index (χ3v) is 4.85. The van der Waals surface area contributed by atoms with E-state index in [1.54, 1.807) is 0 Å². The van der Waals surface area contributed by atoms with Crippen LogP contribution in [0.2, 0.25) is 0 Å². The average Bonchev–Trinajstić information content (AvgIpc) is 3.35. The molecule has 1 aliphatic rings. The monoisotopic (exact) mass is 353 g/mol. The van der Waals surface area contributed by atoms with E-state index in [0.717, 1.165) is 36.8 Å². The van der Waals surface area contributed by atoms with Crippen molar-refractivity contribution in [2.45, 2.75) is 57.4 Å². The van der Waals surface area contributed by atoms with Crippen molar-refractivity contribution in [1.29, 1.82) is 0 Å². The first kappa shape index (κ1) is 16.9. The van der Waals surface area contributed by atoms with Crippen molar-refractivity contribution in [2.75, 3.05) is 0 Å². The molecule has 136 valence electrons. The maximum atomic E-state index is 6.45. The van der Waals surface area contributed by atoms with E-state index >= 15 is 0 Å². The zero-order valence-electron chi connectivity index (χ0n) is 15.3. The Hall–Kier alpha value is -2.54. The van der Waals surface area contributed by atoms with E-state index < -0.39 is 5.54 Å². The van der Waals surface area contributed by atoms with Gasteiger partial charge in [0.2, 0.25) is 0 Å². The van der Waals surface area contributed by atoms with Crippen LogP contribution in [0.5, 0.6) is 0 Å². The summed E-state index contributed by atoms with van der Waals surface area (Å²) in [6, 6.07) is 7.65. The average molecular weight is 353 g/mol. The van der Waals surface area contributed by atoms with Crippen LogP contribution in [0.1, 0.15) is 58.1 Å². The fraction of sp³-hybridized carbons (Fsp3) is 0.474. The zero-order valence-corrected chi connectivity index (χ0v) is 15.3. The standard InChI is InChI=1S/C19H23N5O2/c1-18(2,3)16-21-14(25-23-16)12-8-4-5-9-13(12)15-22-17(24-26-15)19(20)10-6-7-11-19/h4-5,8-9H,6-7,10-11,20H2,1-3H3. The van der Waals surface area contributed by atoms with Crippen molar-refractivity contribution >= 4 is 0 Å². The van der Waals surface area contributed by atoms with Gasteiger partial charge in [-0.25, -0.2) is 0 Å². The quantitative estimate of drug-likeness (QED) is 0.763. The van der Waals surface area contributed by atoms with E-state index in [2.05, 4.69) is 20.3 Å². The van der Waals surface area contributed by atoms with Crippen LogP contribution in [0.3, 0.4) is 0 Å². The molecule has 7 nitrogen and oxygen atoms in total. The molecule has 3 aromatic rings. The summed E-state index contributed by atoms with van der Waals surface area (Å²) in [7, 11) is 0. The van der Waals surface area contributed by atoms with Gasteiger partial charge in [-0.15, -0.1) is 0 Å². The molecule has 26 heavy (non-hydrogen) atoms. The summed E-state index contributed by atoms with van der Waals surface area (Å²) in [5.74, 6) is 2.08. The first-order valence-corrected chi connectivity index (χ1v) is 8.94. The van der Waals surface area contributed by atoms with Gasteiger partial charge in [-0.1, -0.05) is 56.1 Å². The van der Waals surface area contributed by atoms with Gasteiger partial charge in [0.05, 0.1) is 16.7 Å². The Morgan fingerprint density at radius 1 is 0.923 bits per heavy atom. The Bertz CT molecular complexity index is 916. The predicted octanol–water partition coefficient (Wildman–Crippen LogP) is 3.81. The van der Waals surface area contributed by atoms with Crippen molar-refractivity contribution in [3.63, 3.8) is 0 Å². The molecule has 1 aromatic carbocycles. The highest BCUT2D eigenvalue weighted by Gasteiger charge is 2.36. The molecule has 0 saturated heterocycles. The van der Waals surface area contributed by atoms with Crippen LogP contribution in [0.4, 0.5) is 0 Å². The Kier molecular flexibility index (Phi) is 3.91. The van der Waals surface area contributed by atoms with Gasteiger partial charge in [0.1, 0.15) is 0 Å². The minimum Gasteiger partial charge on any atom is -0.334 e. The lowest BCUT2D eigenvalue weighted by atomic mass is 9.96. The Labute approximate surface area is 152 Å². The topological polar surface area (TPSA) is 104 Å². The van der Waals surface area contributed by atoms with E-state index in [4.69, 9.17) is 14.8 Å². The van der Waals surface area contributed by atoms with Gasteiger partial charge in [0.25, 0.3) is 11.8 Å². The Morgan fingerprint density at radius 3 is 2.08 bits per heavy atom. The van der Waals surface area contributed by atoms with Gasteiger partial charge in [-0.2, -0.15) is 9.97 Å². The predicted molar refractivity (Wildman–Crippen MR) is 96.1 cm³/mol. The normalized spacial score (nSPS) is 16.9. The zero-order chi connectivity index (χ0) is 18.4. The SMILES string of the molecule is CC(C)(C)c1noc(-c2ccccc2-c2nc(C3(N)CCCC3)no2)n1. The van der Waals surface area contributed by atoms with Crippen LogP contribution in [-0.2, 0) is 11.0 Å². The second-order valence-corrected chi connectivity index (χ2v) is 8.01. The number of nitrogens with two attached hydrogens (primary N) is 1. The molecule has 2 aromatic heterocycles. The number of hydrogen-bond acceptors (Lipinski definition) is 7. The summed E-state index contributed by atoms with van der Waals surface area (Å²) in [5.41, 5.74) is 7.30. The molecule has 1 saturated carbocycles. The molecule has 0 spiro atoms. The van der Waals surface area contributed by atoms with Gasteiger partial charge in [-0.3, -0.25) is 0 Å². The lowest BCUT2D eigenvalue weighted by Crippen LogP contribution is -2.34. The maximum absolute atomic E-state index is 6.45. The molecule has 1 aliphatic carbocycles. The van der Waals surface area contributed by atoms with Gasteiger partial charge < -0.3 is 14.8 Å². The fourth-order valence-electron chi connectivity index (χ4n) is 3.26. The highest BCUT2D eigenvalue weighted by Crippen LogP contribution is 2.37. The largest absolute Gasteiger partial charge is 0.334 e.